The summed E-state index contributed by atoms with van der Waals surface area (Å²) < 4.78 is 5.36. The van der Waals surface area contributed by atoms with Crippen LogP contribution in [0.1, 0.15) is 22.3 Å². The van der Waals surface area contributed by atoms with Crippen LogP contribution in [0.2, 0.25) is 0 Å². The topological polar surface area (TPSA) is 29.5 Å². The Balaban J connectivity index is 1.80. The van der Waals surface area contributed by atoms with Crippen molar-refractivity contribution in [1.82, 2.24) is 0 Å². The number of hydrogen-bond acceptors (Lipinski definition) is 3. The molecular weight excluding hydrogens is 375 g/mol. The first kappa shape index (κ1) is 17.0. The molecule has 1 spiro atoms. The smallest absolute Gasteiger partial charge is 0.537 e. The lowest BCUT2D eigenvalue weighted by Crippen LogP contribution is -2.32. The first-order chi connectivity index (χ1) is 14.3. The molecule has 6 rings (SSSR count). The molecule has 29 heavy (non-hydrogen) atoms. The van der Waals surface area contributed by atoms with Gasteiger partial charge in [-0.3, -0.25) is 0 Å². The van der Waals surface area contributed by atoms with Crippen molar-refractivity contribution in [3.05, 3.63) is 113 Å². The minimum absolute atomic E-state index is 0.404. The van der Waals surface area contributed by atoms with Gasteiger partial charge >= 0.3 is 7.69 Å². The molecule has 0 saturated carbocycles. The van der Waals surface area contributed by atoms with Crippen molar-refractivity contribution in [3.63, 3.8) is 0 Å². The van der Waals surface area contributed by atoms with E-state index in [0.717, 1.165) is 7.69 Å². The molecule has 137 valence electrons. The van der Waals surface area contributed by atoms with Crippen LogP contribution in [0.15, 0.2) is 101 Å². The van der Waals surface area contributed by atoms with Crippen LogP contribution >= 0.6 is 11.8 Å². The lowest BCUT2D eigenvalue weighted by atomic mass is 9.67. The number of hydrogen-bond donors (Lipinski definition) is 1. The van der Waals surface area contributed by atoms with Crippen LogP contribution < -0.4 is 4.65 Å². The van der Waals surface area contributed by atoms with Crippen LogP contribution in [0.3, 0.4) is 0 Å². The fourth-order valence-corrected chi connectivity index (χ4v) is 6.14. The molecule has 0 atom stereocenters. The van der Waals surface area contributed by atoms with Gasteiger partial charge in [-0.2, -0.15) is 0 Å². The molecule has 2 aliphatic rings. The highest BCUT2D eigenvalue weighted by atomic mass is 32.2. The van der Waals surface area contributed by atoms with Crippen LogP contribution in [-0.4, -0.2) is 12.7 Å². The predicted octanol–water partition coefficient (Wildman–Crippen LogP) is 5.42. The summed E-state index contributed by atoms with van der Waals surface area (Å²) in [5.74, 6) is 0.632. The molecule has 2 nitrogen and oxygen atoms in total. The van der Waals surface area contributed by atoms with E-state index in [9.17, 15) is 5.02 Å². The molecule has 4 heteroatoms. The zero-order valence-electron chi connectivity index (χ0n) is 15.5. The standard InChI is InChI=1S/C25H16BO2S/c27-26-28-16-13-14-24-22(15-16)25(21-11-5-6-12-23(21)29-24)19-9-3-1-7-17(19)18-8-2-4-10-20(18)25/h1-15,27H. The van der Waals surface area contributed by atoms with E-state index in [0.29, 0.717) is 5.75 Å². The van der Waals surface area contributed by atoms with Crippen molar-refractivity contribution in [2.45, 2.75) is 15.2 Å². The third-order valence-electron chi connectivity index (χ3n) is 6.01. The average Bonchev–Trinajstić information content (AvgIpc) is 3.06. The van der Waals surface area contributed by atoms with Crippen molar-refractivity contribution in [1.29, 1.82) is 0 Å². The molecule has 0 saturated heterocycles. The van der Waals surface area contributed by atoms with Gasteiger partial charge in [-0.05, 0) is 57.6 Å². The molecule has 1 N–H and O–H groups in total. The lowest BCUT2D eigenvalue weighted by Gasteiger charge is -2.39. The largest absolute Gasteiger partial charge is 0.569 e. The first-order valence-electron chi connectivity index (χ1n) is 9.58. The Bertz CT molecular complexity index is 1220. The van der Waals surface area contributed by atoms with Crippen molar-refractivity contribution >= 4 is 19.4 Å². The maximum absolute atomic E-state index is 9.20. The second-order valence-corrected chi connectivity index (χ2v) is 8.40. The van der Waals surface area contributed by atoms with E-state index in [2.05, 4.69) is 84.9 Å². The maximum Gasteiger partial charge on any atom is 0.569 e. The highest BCUT2D eigenvalue weighted by Gasteiger charge is 2.50. The second kappa shape index (κ2) is 6.28. The molecule has 1 radical (unpaired) electrons. The summed E-state index contributed by atoms with van der Waals surface area (Å²) in [6.07, 6.45) is 0. The van der Waals surface area contributed by atoms with Gasteiger partial charge in [-0.15, -0.1) is 0 Å². The predicted molar refractivity (Wildman–Crippen MR) is 116 cm³/mol. The molecule has 0 unspecified atom stereocenters. The van der Waals surface area contributed by atoms with E-state index in [1.807, 2.05) is 6.07 Å². The Morgan fingerprint density at radius 2 is 1.24 bits per heavy atom. The Labute approximate surface area is 174 Å². The summed E-state index contributed by atoms with van der Waals surface area (Å²) >= 11 is 1.79. The van der Waals surface area contributed by atoms with Gasteiger partial charge in [0.25, 0.3) is 0 Å². The van der Waals surface area contributed by atoms with Gasteiger partial charge in [0.2, 0.25) is 0 Å². The second-order valence-electron chi connectivity index (χ2n) is 7.32. The van der Waals surface area contributed by atoms with Gasteiger partial charge in [0, 0.05) is 9.79 Å². The van der Waals surface area contributed by atoms with E-state index in [4.69, 9.17) is 4.65 Å². The monoisotopic (exact) mass is 391 g/mol. The first-order valence-corrected chi connectivity index (χ1v) is 10.4. The summed E-state index contributed by atoms with van der Waals surface area (Å²) in [5, 5.41) is 9.20. The Morgan fingerprint density at radius 1 is 0.655 bits per heavy atom. The Morgan fingerprint density at radius 3 is 1.93 bits per heavy atom. The van der Waals surface area contributed by atoms with Crippen molar-refractivity contribution < 1.29 is 9.68 Å². The summed E-state index contributed by atoms with van der Waals surface area (Å²) in [6, 6.07) is 32.2. The normalized spacial score (nSPS) is 14.5. The van der Waals surface area contributed by atoms with E-state index in [1.165, 1.54) is 43.2 Å². The summed E-state index contributed by atoms with van der Waals surface area (Å²) in [5.41, 5.74) is 7.21. The van der Waals surface area contributed by atoms with Crippen LogP contribution in [0.25, 0.3) is 11.1 Å². The van der Waals surface area contributed by atoms with Crippen molar-refractivity contribution in [3.8, 4) is 16.9 Å². The Hall–Kier alpha value is -2.95. The summed E-state index contributed by atoms with van der Waals surface area (Å²) in [6.45, 7) is 0. The van der Waals surface area contributed by atoms with Crippen LogP contribution in [0.4, 0.5) is 0 Å². The minimum Gasteiger partial charge on any atom is -0.537 e. The summed E-state index contributed by atoms with van der Waals surface area (Å²) in [4.78, 5) is 2.48. The molecule has 4 aromatic rings. The van der Waals surface area contributed by atoms with Gasteiger partial charge in [0.1, 0.15) is 5.75 Å². The molecule has 1 aliphatic heterocycles. The fourth-order valence-electron chi connectivity index (χ4n) is 4.97. The average molecular weight is 391 g/mol. The van der Waals surface area contributed by atoms with Crippen LogP contribution in [0, 0.1) is 0 Å². The van der Waals surface area contributed by atoms with E-state index >= 15 is 0 Å². The number of fused-ring (bicyclic) bond motifs is 9. The lowest BCUT2D eigenvalue weighted by molar-refractivity contribution is 0.452. The molecule has 1 aliphatic carbocycles. The van der Waals surface area contributed by atoms with Crippen LogP contribution in [0.5, 0.6) is 5.75 Å². The summed E-state index contributed by atoms with van der Waals surface area (Å²) in [7, 11) is 0.745. The van der Waals surface area contributed by atoms with Gasteiger partial charge in [-0.1, -0.05) is 78.5 Å². The molecule has 4 aromatic carbocycles. The molecule has 0 aromatic heterocycles. The maximum atomic E-state index is 9.20. The Kier molecular flexibility index (Phi) is 3.67. The molecular formula is C25H16BO2S. The zero-order valence-corrected chi connectivity index (χ0v) is 16.3. The molecule has 0 bridgehead atoms. The quantitative estimate of drug-likeness (QED) is 0.400. The zero-order chi connectivity index (χ0) is 19.4. The molecule has 0 fully saturated rings. The van der Waals surface area contributed by atoms with Gasteiger partial charge in [0.05, 0.1) is 5.41 Å². The van der Waals surface area contributed by atoms with Gasteiger partial charge in [0.15, 0.2) is 0 Å². The fraction of sp³-hybridized carbons (Fsp3) is 0.0400. The third kappa shape index (κ3) is 2.19. The van der Waals surface area contributed by atoms with Gasteiger partial charge in [-0.25, -0.2) is 0 Å². The van der Waals surface area contributed by atoms with Gasteiger partial charge < -0.3 is 9.68 Å². The third-order valence-corrected chi connectivity index (χ3v) is 7.16. The SMILES string of the molecule is O[B]Oc1ccc2c(c1)C1(c3ccccc3S2)c2ccccc2-c2ccccc21. The molecule has 1 heterocycles. The highest BCUT2D eigenvalue weighted by molar-refractivity contribution is 7.99. The number of benzene rings is 4. The van der Waals surface area contributed by atoms with E-state index in [-0.39, 0.29) is 0 Å². The minimum atomic E-state index is -0.404. The van der Waals surface area contributed by atoms with E-state index < -0.39 is 5.41 Å². The van der Waals surface area contributed by atoms with Crippen molar-refractivity contribution in [2.24, 2.45) is 0 Å². The number of rotatable bonds is 2. The molecule has 0 amide bonds. The van der Waals surface area contributed by atoms with Crippen LogP contribution in [-0.2, 0) is 5.41 Å². The van der Waals surface area contributed by atoms with Crippen molar-refractivity contribution in [2.75, 3.05) is 0 Å². The van der Waals surface area contributed by atoms with E-state index in [1.54, 1.807) is 11.8 Å². The highest BCUT2D eigenvalue weighted by Crippen LogP contribution is 2.62.